The van der Waals surface area contributed by atoms with E-state index < -0.39 is 11.9 Å². The summed E-state index contributed by atoms with van der Waals surface area (Å²) >= 11 is 1.58. The van der Waals surface area contributed by atoms with Crippen LogP contribution in [0.1, 0.15) is 33.1 Å². The summed E-state index contributed by atoms with van der Waals surface area (Å²) in [4.78, 5) is 54.0. The number of β-lactam (4-membered cyclic amide) rings is 1. The van der Waals surface area contributed by atoms with Gasteiger partial charge in [0.15, 0.2) is 0 Å². The Bertz CT molecular complexity index is 941. The number of thioether (sulfide) groups is 1. The molecule has 3 fully saturated rings. The van der Waals surface area contributed by atoms with E-state index in [9.17, 15) is 24.3 Å². The second-order valence-electron chi connectivity index (χ2n) is 10.3. The van der Waals surface area contributed by atoms with Gasteiger partial charge in [-0.1, -0.05) is 6.92 Å². The zero-order valence-electron chi connectivity index (χ0n) is 20.6. The van der Waals surface area contributed by atoms with Crippen molar-refractivity contribution in [3.8, 4) is 0 Å². The molecule has 12 heteroatoms. The first kappa shape index (κ1) is 25.9. The van der Waals surface area contributed by atoms with Crippen molar-refractivity contribution in [3.05, 3.63) is 10.6 Å². The Kier molecular flexibility index (Phi) is 7.46. The molecule has 194 valence electrons. The molecule has 0 aromatic heterocycles. The molecule has 0 spiro atoms. The number of rotatable bonds is 8. The van der Waals surface area contributed by atoms with Gasteiger partial charge < -0.3 is 36.6 Å². The second kappa shape index (κ2) is 10.1. The highest BCUT2D eigenvalue weighted by molar-refractivity contribution is 8.03. The maximum absolute atomic E-state index is 13.2. The van der Waals surface area contributed by atoms with Gasteiger partial charge in [0.1, 0.15) is 0 Å². The van der Waals surface area contributed by atoms with E-state index >= 15 is 0 Å². The lowest BCUT2D eigenvalue weighted by atomic mass is 9.78. The molecule has 0 saturated carbocycles. The number of hydrogen-bond donors (Lipinski definition) is 5. The number of fused-ring (bicyclic) bond motifs is 1. The standard InChI is InChI=1S/C23H36N6O5S/c1-10-19-18(11(2)27-21(32)14-5-12(24)8-25-14)23(34)29(19)16(7-17(30)31)20(10)35-13-6-15(26-9-13)22(33)28(3)4/h10-15,18-19,25-26H,5-9,24H2,1-4H3,(H,27,32)(H,30,31)/t10-,11-,12+,13+,14+,15+,18-,19+/m1/s1. The van der Waals surface area contributed by atoms with E-state index in [0.717, 1.165) is 4.91 Å². The van der Waals surface area contributed by atoms with Gasteiger partial charge in [0.05, 0.1) is 30.5 Å². The van der Waals surface area contributed by atoms with E-state index in [1.807, 2.05) is 13.8 Å². The van der Waals surface area contributed by atoms with E-state index in [2.05, 4.69) is 16.0 Å². The lowest BCUT2D eigenvalue weighted by Gasteiger charge is -2.48. The number of amides is 3. The van der Waals surface area contributed by atoms with Gasteiger partial charge in [-0.15, -0.1) is 11.8 Å². The minimum Gasteiger partial charge on any atom is -0.481 e. The zero-order valence-corrected chi connectivity index (χ0v) is 21.4. The Balaban J connectivity index is 1.46. The topological polar surface area (TPSA) is 157 Å². The van der Waals surface area contributed by atoms with Crippen molar-refractivity contribution < 1.29 is 24.3 Å². The Labute approximate surface area is 209 Å². The summed E-state index contributed by atoms with van der Waals surface area (Å²) < 4.78 is 0. The van der Waals surface area contributed by atoms with Gasteiger partial charge in [0, 0.05) is 61.0 Å². The molecule has 4 rings (SSSR count). The van der Waals surface area contributed by atoms with Crippen LogP contribution in [-0.2, 0) is 19.2 Å². The molecule has 4 aliphatic rings. The number of nitrogens with zero attached hydrogens (tertiary/aromatic N) is 2. The number of aliphatic carboxylic acids is 1. The van der Waals surface area contributed by atoms with Gasteiger partial charge in [0.25, 0.3) is 0 Å². The summed E-state index contributed by atoms with van der Waals surface area (Å²) in [6, 6.07) is -1.26. The molecule has 8 atom stereocenters. The van der Waals surface area contributed by atoms with Gasteiger partial charge in [-0.25, -0.2) is 0 Å². The van der Waals surface area contributed by atoms with Crippen LogP contribution in [0.4, 0.5) is 0 Å². The van der Waals surface area contributed by atoms with E-state index in [4.69, 9.17) is 5.73 Å². The number of carboxylic acids is 1. The largest absolute Gasteiger partial charge is 0.481 e. The minimum absolute atomic E-state index is 0.0219. The maximum Gasteiger partial charge on any atom is 0.309 e. The highest BCUT2D eigenvalue weighted by Crippen LogP contribution is 2.52. The SMILES string of the molecule is C[C@@H](NC(=O)[C@@H]1C[C@H](N)CN1)[C@H]1C(=O)N2C(CC(=O)O)=C(S[C@@H]3CN[C@H](C(=O)N(C)C)C3)[C@H](C)[C@@H]12. The van der Waals surface area contributed by atoms with Crippen LogP contribution in [0.3, 0.4) is 0 Å². The lowest BCUT2D eigenvalue weighted by molar-refractivity contribution is -0.155. The smallest absolute Gasteiger partial charge is 0.309 e. The van der Waals surface area contributed by atoms with Gasteiger partial charge in [0.2, 0.25) is 17.7 Å². The summed E-state index contributed by atoms with van der Waals surface area (Å²) in [6.07, 6.45) is 0.969. The summed E-state index contributed by atoms with van der Waals surface area (Å²) in [6.45, 7) is 5.07. The Morgan fingerprint density at radius 1 is 1.23 bits per heavy atom. The number of carbonyl (C=O) groups excluding carboxylic acids is 3. The van der Waals surface area contributed by atoms with Crippen LogP contribution in [0.25, 0.3) is 0 Å². The first-order chi connectivity index (χ1) is 16.5. The third kappa shape index (κ3) is 4.93. The normalized spacial score (nSPS) is 35.1. The molecular weight excluding hydrogens is 472 g/mol. The molecule has 0 aromatic rings. The van der Waals surface area contributed by atoms with Crippen LogP contribution in [0.5, 0.6) is 0 Å². The fraction of sp³-hybridized carbons (Fsp3) is 0.739. The predicted molar refractivity (Wildman–Crippen MR) is 131 cm³/mol. The molecule has 3 saturated heterocycles. The van der Waals surface area contributed by atoms with E-state index in [1.165, 1.54) is 0 Å². The van der Waals surface area contributed by atoms with Crippen molar-refractivity contribution >= 4 is 35.5 Å². The van der Waals surface area contributed by atoms with Crippen molar-refractivity contribution in [2.45, 2.75) is 68.6 Å². The van der Waals surface area contributed by atoms with Crippen LogP contribution in [0.2, 0.25) is 0 Å². The fourth-order valence-corrected chi connectivity index (χ4v) is 7.25. The maximum atomic E-state index is 13.2. The van der Waals surface area contributed by atoms with Crippen molar-refractivity contribution in [2.24, 2.45) is 17.6 Å². The van der Waals surface area contributed by atoms with E-state index in [-0.39, 0.29) is 65.5 Å². The molecule has 4 aliphatic heterocycles. The highest BCUT2D eigenvalue weighted by atomic mass is 32.2. The van der Waals surface area contributed by atoms with Crippen molar-refractivity contribution in [1.29, 1.82) is 0 Å². The third-order valence-corrected chi connectivity index (χ3v) is 9.08. The third-order valence-electron chi connectivity index (χ3n) is 7.52. The quantitative estimate of drug-likeness (QED) is 0.257. The zero-order chi connectivity index (χ0) is 25.6. The van der Waals surface area contributed by atoms with Crippen LogP contribution >= 0.6 is 11.8 Å². The lowest BCUT2D eigenvalue weighted by Crippen LogP contribution is -2.66. The summed E-state index contributed by atoms with van der Waals surface area (Å²) in [7, 11) is 3.45. The van der Waals surface area contributed by atoms with Crippen LogP contribution in [-0.4, -0.2) is 101 Å². The monoisotopic (exact) mass is 508 g/mol. The second-order valence-corrected chi connectivity index (χ2v) is 11.7. The first-order valence-corrected chi connectivity index (χ1v) is 13.1. The highest BCUT2D eigenvalue weighted by Gasteiger charge is 2.59. The molecule has 0 aromatic carbocycles. The van der Waals surface area contributed by atoms with Crippen LogP contribution in [0, 0.1) is 11.8 Å². The average Bonchev–Trinajstić information content (AvgIpc) is 3.47. The average molecular weight is 509 g/mol. The van der Waals surface area contributed by atoms with Gasteiger partial charge in [-0.3, -0.25) is 19.2 Å². The molecular formula is C23H36N6O5S. The number of hydrogen-bond acceptors (Lipinski definition) is 8. The molecule has 0 aliphatic carbocycles. The summed E-state index contributed by atoms with van der Waals surface area (Å²) in [5.41, 5.74) is 6.44. The molecule has 0 bridgehead atoms. The van der Waals surface area contributed by atoms with Gasteiger partial charge in [-0.05, 0) is 19.8 Å². The minimum atomic E-state index is -0.989. The molecule has 0 unspecified atom stereocenters. The summed E-state index contributed by atoms with van der Waals surface area (Å²) in [5, 5.41) is 19.0. The van der Waals surface area contributed by atoms with Gasteiger partial charge in [-0.2, -0.15) is 0 Å². The van der Waals surface area contributed by atoms with Crippen LogP contribution in [0.15, 0.2) is 10.6 Å². The fourth-order valence-electron chi connectivity index (χ4n) is 5.77. The molecule has 35 heavy (non-hydrogen) atoms. The van der Waals surface area contributed by atoms with Crippen molar-refractivity contribution in [1.82, 2.24) is 25.8 Å². The molecule has 4 heterocycles. The number of nitrogens with one attached hydrogen (secondary N) is 3. The number of likely N-dealkylation sites (N-methyl/N-ethyl adjacent to an activating group) is 1. The Morgan fingerprint density at radius 2 is 1.91 bits per heavy atom. The summed E-state index contributed by atoms with van der Waals surface area (Å²) in [5.74, 6) is -1.76. The Morgan fingerprint density at radius 3 is 2.51 bits per heavy atom. The Hall–Kier alpha value is -2.15. The molecule has 6 N–H and O–H groups in total. The van der Waals surface area contributed by atoms with Gasteiger partial charge >= 0.3 is 5.97 Å². The first-order valence-electron chi connectivity index (χ1n) is 12.2. The predicted octanol–water partition coefficient (Wildman–Crippen LogP) is -1.10. The van der Waals surface area contributed by atoms with Crippen molar-refractivity contribution in [3.63, 3.8) is 0 Å². The molecule has 11 nitrogen and oxygen atoms in total. The van der Waals surface area contributed by atoms with E-state index in [1.54, 1.807) is 35.7 Å². The van der Waals surface area contributed by atoms with Crippen LogP contribution < -0.4 is 21.7 Å². The number of nitrogens with two attached hydrogens (primary N) is 1. The van der Waals surface area contributed by atoms with Crippen molar-refractivity contribution in [2.75, 3.05) is 27.2 Å². The molecule has 0 radical (unpaired) electrons. The molecule has 3 amide bonds. The number of carboxylic acid groups (broad SMARTS) is 1. The van der Waals surface area contributed by atoms with E-state index in [0.29, 0.717) is 31.6 Å². The number of carbonyl (C=O) groups is 4.